The number of carbonyl (C=O) groups is 1. The molecule has 4 unspecified atom stereocenters. The van der Waals surface area contributed by atoms with E-state index in [9.17, 15) is 9.90 Å². The Labute approximate surface area is 111 Å². The molecule has 0 aromatic heterocycles. The van der Waals surface area contributed by atoms with E-state index in [2.05, 4.69) is 6.92 Å². The van der Waals surface area contributed by atoms with Gasteiger partial charge in [-0.1, -0.05) is 19.8 Å². The van der Waals surface area contributed by atoms with Crippen LogP contribution in [0.15, 0.2) is 0 Å². The lowest BCUT2D eigenvalue weighted by atomic mass is 9.86. The predicted octanol–water partition coefficient (Wildman–Crippen LogP) is 2.18. The molecule has 4 heteroatoms. The van der Waals surface area contributed by atoms with E-state index in [0.29, 0.717) is 12.8 Å². The average molecular weight is 260 g/mol. The third kappa shape index (κ3) is 5.94. The van der Waals surface area contributed by atoms with Crippen molar-refractivity contribution < 1.29 is 19.4 Å². The van der Waals surface area contributed by atoms with Gasteiger partial charge in [0.15, 0.2) is 0 Å². The fourth-order valence-corrected chi connectivity index (χ4v) is 2.32. The summed E-state index contributed by atoms with van der Waals surface area (Å²) in [4.78, 5) is 10.4. The molecule has 0 fully saturated rings. The molecule has 0 amide bonds. The molecule has 108 valence electrons. The van der Waals surface area contributed by atoms with Crippen molar-refractivity contribution in [1.29, 1.82) is 0 Å². The Morgan fingerprint density at radius 2 is 1.89 bits per heavy atom. The third-order valence-corrected chi connectivity index (χ3v) is 3.49. The van der Waals surface area contributed by atoms with E-state index < -0.39 is 6.10 Å². The highest BCUT2D eigenvalue weighted by Gasteiger charge is 2.31. The zero-order valence-electron chi connectivity index (χ0n) is 12.1. The molecule has 0 saturated heterocycles. The van der Waals surface area contributed by atoms with Gasteiger partial charge in [-0.15, -0.1) is 0 Å². The van der Waals surface area contributed by atoms with Gasteiger partial charge in [0.05, 0.1) is 18.3 Å². The van der Waals surface area contributed by atoms with Crippen LogP contribution in [0.1, 0.15) is 46.0 Å². The first kappa shape index (κ1) is 17.6. The van der Waals surface area contributed by atoms with Crippen LogP contribution in [0.2, 0.25) is 0 Å². The molecule has 0 radical (unpaired) electrons. The second-order valence-corrected chi connectivity index (χ2v) is 4.76. The summed E-state index contributed by atoms with van der Waals surface area (Å²) in [6, 6.07) is 0. The van der Waals surface area contributed by atoms with Gasteiger partial charge in [0.25, 0.3) is 0 Å². The third-order valence-electron chi connectivity index (χ3n) is 3.49. The van der Waals surface area contributed by atoms with Crippen LogP contribution in [0.5, 0.6) is 0 Å². The van der Waals surface area contributed by atoms with Gasteiger partial charge in [-0.3, -0.25) is 0 Å². The fourth-order valence-electron chi connectivity index (χ4n) is 2.32. The number of methoxy groups -OCH3 is 2. The zero-order chi connectivity index (χ0) is 14.0. The highest BCUT2D eigenvalue weighted by molar-refractivity contribution is 5.49. The Hall–Kier alpha value is -0.450. The van der Waals surface area contributed by atoms with Crippen molar-refractivity contribution in [2.45, 2.75) is 64.3 Å². The average Bonchev–Trinajstić information content (AvgIpc) is 2.39. The molecule has 0 heterocycles. The minimum absolute atomic E-state index is 0.0184. The molecule has 0 bridgehead atoms. The lowest BCUT2D eigenvalue weighted by molar-refractivity contribution is -0.110. The maximum atomic E-state index is 10.4. The summed E-state index contributed by atoms with van der Waals surface area (Å²) < 4.78 is 10.8. The Balaban J connectivity index is 4.64. The summed E-state index contributed by atoms with van der Waals surface area (Å²) >= 11 is 0. The molecule has 1 N–H and O–H groups in total. The first-order valence-corrected chi connectivity index (χ1v) is 6.79. The number of unbranched alkanes of at least 4 members (excludes halogenated alkanes) is 1. The molecule has 0 aliphatic rings. The van der Waals surface area contributed by atoms with Crippen molar-refractivity contribution in [2.24, 2.45) is 5.92 Å². The lowest BCUT2D eigenvalue weighted by Gasteiger charge is -2.33. The van der Waals surface area contributed by atoms with Gasteiger partial charge in [0, 0.05) is 26.6 Å². The monoisotopic (exact) mass is 260 g/mol. The van der Waals surface area contributed by atoms with Crippen molar-refractivity contribution in [3.05, 3.63) is 0 Å². The van der Waals surface area contributed by atoms with Gasteiger partial charge in [-0.05, 0) is 19.8 Å². The number of aldehydes is 1. The summed E-state index contributed by atoms with van der Waals surface area (Å²) in [5, 5.41) is 10.2. The number of rotatable bonds is 11. The quantitative estimate of drug-likeness (QED) is 0.579. The number of aliphatic hydroxyl groups is 1. The van der Waals surface area contributed by atoms with Crippen LogP contribution >= 0.6 is 0 Å². The molecule has 0 aliphatic heterocycles. The van der Waals surface area contributed by atoms with Gasteiger partial charge in [-0.25, -0.2) is 0 Å². The summed E-state index contributed by atoms with van der Waals surface area (Å²) in [6.45, 7) is 4.07. The Morgan fingerprint density at radius 3 is 2.33 bits per heavy atom. The predicted molar refractivity (Wildman–Crippen MR) is 71.6 cm³/mol. The van der Waals surface area contributed by atoms with Crippen molar-refractivity contribution >= 4 is 6.29 Å². The van der Waals surface area contributed by atoms with E-state index in [0.717, 1.165) is 25.5 Å². The van der Waals surface area contributed by atoms with Crippen LogP contribution in [0.4, 0.5) is 0 Å². The highest BCUT2D eigenvalue weighted by Crippen LogP contribution is 2.25. The standard InChI is InChI=1S/C14H28O4/c1-5-6-8-12(13(16)9-7-10-15)14(18-4)11(2)17-3/h10-14,16H,5-9H2,1-4H3. The van der Waals surface area contributed by atoms with Crippen LogP contribution < -0.4 is 0 Å². The van der Waals surface area contributed by atoms with E-state index in [1.165, 1.54) is 0 Å². The minimum Gasteiger partial charge on any atom is -0.393 e. The van der Waals surface area contributed by atoms with Crippen molar-refractivity contribution in [2.75, 3.05) is 14.2 Å². The fraction of sp³-hybridized carbons (Fsp3) is 0.929. The molecule has 18 heavy (non-hydrogen) atoms. The Kier molecular flexibility index (Phi) is 10.2. The summed E-state index contributed by atoms with van der Waals surface area (Å²) in [6.07, 6.45) is 4.03. The van der Waals surface area contributed by atoms with Crippen LogP contribution in [-0.4, -0.2) is 43.9 Å². The second-order valence-electron chi connectivity index (χ2n) is 4.76. The van der Waals surface area contributed by atoms with Crippen LogP contribution in [0.3, 0.4) is 0 Å². The topological polar surface area (TPSA) is 55.8 Å². The Morgan fingerprint density at radius 1 is 1.22 bits per heavy atom. The lowest BCUT2D eigenvalue weighted by Crippen LogP contribution is -2.41. The normalized spacial score (nSPS) is 18.1. The first-order chi connectivity index (χ1) is 8.62. The summed E-state index contributed by atoms with van der Waals surface area (Å²) in [5.74, 6) is 0.0184. The first-order valence-electron chi connectivity index (χ1n) is 6.79. The van der Waals surface area contributed by atoms with Crippen molar-refractivity contribution in [1.82, 2.24) is 0 Å². The number of hydrogen-bond donors (Lipinski definition) is 1. The molecule has 4 nitrogen and oxygen atoms in total. The van der Waals surface area contributed by atoms with Crippen LogP contribution in [-0.2, 0) is 14.3 Å². The van der Waals surface area contributed by atoms with E-state index >= 15 is 0 Å². The zero-order valence-corrected chi connectivity index (χ0v) is 12.1. The van der Waals surface area contributed by atoms with Gasteiger partial charge < -0.3 is 19.4 Å². The number of hydrogen-bond acceptors (Lipinski definition) is 4. The SMILES string of the molecule is CCCCC(C(O)CCC=O)C(OC)C(C)OC. The summed E-state index contributed by atoms with van der Waals surface area (Å²) in [5.41, 5.74) is 0. The molecule has 0 aromatic rings. The van der Waals surface area contributed by atoms with E-state index in [4.69, 9.17) is 9.47 Å². The molecular formula is C14H28O4. The van der Waals surface area contributed by atoms with E-state index in [1.54, 1.807) is 14.2 Å². The number of ether oxygens (including phenoxy) is 2. The van der Waals surface area contributed by atoms with E-state index in [-0.39, 0.29) is 18.1 Å². The van der Waals surface area contributed by atoms with Crippen LogP contribution in [0.25, 0.3) is 0 Å². The molecule has 0 spiro atoms. The van der Waals surface area contributed by atoms with Crippen molar-refractivity contribution in [3.8, 4) is 0 Å². The smallest absolute Gasteiger partial charge is 0.120 e. The highest BCUT2D eigenvalue weighted by atomic mass is 16.5. The molecule has 0 aromatic carbocycles. The maximum absolute atomic E-state index is 10.4. The van der Waals surface area contributed by atoms with Crippen molar-refractivity contribution in [3.63, 3.8) is 0 Å². The van der Waals surface area contributed by atoms with E-state index in [1.807, 2.05) is 6.92 Å². The molecule has 0 rings (SSSR count). The maximum Gasteiger partial charge on any atom is 0.120 e. The molecule has 0 saturated carbocycles. The van der Waals surface area contributed by atoms with Gasteiger partial charge in [0.2, 0.25) is 0 Å². The van der Waals surface area contributed by atoms with Crippen LogP contribution in [0, 0.1) is 5.92 Å². The molecular weight excluding hydrogens is 232 g/mol. The summed E-state index contributed by atoms with van der Waals surface area (Å²) in [7, 11) is 3.29. The van der Waals surface area contributed by atoms with Gasteiger partial charge >= 0.3 is 0 Å². The largest absolute Gasteiger partial charge is 0.393 e. The van der Waals surface area contributed by atoms with Gasteiger partial charge in [0.1, 0.15) is 6.29 Å². The van der Waals surface area contributed by atoms with Gasteiger partial charge in [-0.2, -0.15) is 0 Å². The molecule has 4 atom stereocenters. The molecule has 0 aliphatic carbocycles. The Bertz CT molecular complexity index is 208. The number of carbonyl (C=O) groups excluding carboxylic acids is 1. The second kappa shape index (κ2) is 10.5. The minimum atomic E-state index is -0.510. The number of aliphatic hydroxyl groups excluding tert-OH is 1.